The normalized spacial score (nSPS) is 11.4. The van der Waals surface area contributed by atoms with Gasteiger partial charge in [-0.2, -0.15) is 0 Å². The minimum Gasteiger partial charge on any atom is -0.489 e. The van der Waals surface area contributed by atoms with E-state index in [1.54, 1.807) is 13.3 Å². The van der Waals surface area contributed by atoms with Gasteiger partial charge in [-0.3, -0.25) is 0 Å². The highest BCUT2D eigenvalue weighted by molar-refractivity contribution is 9.10. The molecule has 0 aliphatic carbocycles. The standard InChI is InChI=1S/C24H23BrN2O4/c1-14(2)31-24(28)23-18(13-29-3)22-17-10-16(8-9-20(17)27-21(22)11-26-23)30-12-15-6-4-5-7-19(15)25/h4-11,14,27H,12-13H2,1-3H3. The van der Waals surface area contributed by atoms with Crippen LogP contribution in [-0.2, 0) is 22.7 Å². The van der Waals surface area contributed by atoms with E-state index in [4.69, 9.17) is 14.2 Å². The Bertz CT molecular complexity index is 1250. The number of carbonyl (C=O) groups excluding carboxylic acids is 1. The number of halogens is 1. The first-order chi connectivity index (χ1) is 15.0. The average Bonchev–Trinajstić information content (AvgIpc) is 3.11. The maximum atomic E-state index is 12.6. The SMILES string of the molecule is COCc1c(C(=O)OC(C)C)ncc2[nH]c3ccc(OCc4ccccc4Br)cc3c12. The van der Waals surface area contributed by atoms with Gasteiger partial charge in [0.1, 0.15) is 12.4 Å². The van der Waals surface area contributed by atoms with Gasteiger partial charge in [0.05, 0.1) is 24.4 Å². The van der Waals surface area contributed by atoms with Crippen molar-refractivity contribution in [3.63, 3.8) is 0 Å². The summed E-state index contributed by atoms with van der Waals surface area (Å²) in [6.07, 6.45) is 1.42. The molecule has 0 saturated carbocycles. The zero-order valence-electron chi connectivity index (χ0n) is 17.6. The van der Waals surface area contributed by atoms with E-state index < -0.39 is 5.97 Å². The van der Waals surface area contributed by atoms with Gasteiger partial charge in [-0.1, -0.05) is 34.1 Å². The molecule has 6 nitrogen and oxygen atoms in total. The van der Waals surface area contributed by atoms with Gasteiger partial charge in [0.2, 0.25) is 0 Å². The topological polar surface area (TPSA) is 73.4 Å². The number of carbonyl (C=O) groups is 1. The van der Waals surface area contributed by atoms with Crippen molar-refractivity contribution in [2.24, 2.45) is 0 Å². The van der Waals surface area contributed by atoms with Crippen LogP contribution in [0, 0.1) is 0 Å². The van der Waals surface area contributed by atoms with Gasteiger partial charge in [0.15, 0.2) is 5.69 Å². The number of hydrogen-bond donors (Lipinski definition) is 1. The van der Waals surface area contributed by atoms with Crippen LogP contribution in [0.2, 0.25) is 0 Å². The second-order valence-electron chi connectivity index (χ2n) is 7.47. The van der Waals surface area contributed by atoms with Crippen LogP contribution in [0.15, 0.2) is 53.1 Å². The lowest BCUT2D eigenvalue weighted by molar-refractivity contribution is 0.0366. The highest BCUT2D eigenvalue weighted by Gasteiger charge is 2.21. The van der Waals surface area contributed by atoms with Crippen molar-refractivity contribution < 1.29 is 19.0 Å². The largest absolute Gasteiger partial charge is 0.489 e. The second-order valence-corrected chi connectivity index (χ2v) is 8.33. The molecule has 0 saturated heterocycles. The molecule has 2 heterocycles. The Morgan fingerprint density at radius 2 is 1.94 bits per heavy atom. The Morgan fingerprint density at radius 1 is 1.13 bits per heavy atom. The van der Waals surface area contributed by atoms with Gasteiger partial charge in [-0.25, -0.2) is 9.78 Å². The van der Waals surface area contributed by atoms with E-state index in [2.05, 4.69) is 25.9 Å². The number of esters is 1. The van der Waals surface area contributed by atoms with Crippen molar-refractivity contribution in [2.45, 2.75) is 33.2 Å². The zero-order valence-corrected chi connectivity index (χ0v) is 19.2. The third-order valence-corrected chi connectivity index (χ3v) is 5.66. The van der Waals surface area contributed by atoms with Gasteiger partial charge in [0, 0.05) is 39.0 Å². The summed E-state index contributed by atoms with van der Waals surface area (Å²) in [5, 5.41) is 1.82. The number of rotatable bonds is 7. The Balaban J connectivity index is 1.77. The predicted molar refractivity (Wildman–Crippen MR) is 123 cm³/mol. The number of ether oxygens (including phenoxy) is 3. The summed E-state index contributed by atoms with van der Waals surface area (Å²) < 4.78 is 17.8. The van der Waals surface area contributed by atoms with Crippen molar-refractivity contribution in [3.05, 3.63) is 70.0 Å². The van der Waals surface area contributed by atoms with Gasteiger partial charge < -0.3 is 19.2 Å². The summed E-state index contributed by atoms with van der Waals surface area (Å²) in [4.78, 5) is 20.4. The number of hydrogen-bond acceptors (Lipinski definition) is 5. The number of pyridine rings is 1. The minimum absolute atomic E-state index is 0.235. The molecule has 160 valence electrons. The van der Waals surface area contributed by atoms with E-state index in [0.717, 1.165) is 37.6 Å². The molecule has 31 heavy (non-hydrogen) atoms. The number of aromatic amines is 1. The van der Waals surface area contributed by atoms with Crippen molar-refractivity contribution >= 4 is 43.7 Å². The summed E-state index contributed by atoms with van der Waals surface area (Å²) in [6.45, 7) is 4.30. The molecule has 0 atom stereocenters. The first-order valence-corrected chi connectivity index (χ1v) is 10.8. The van der Waals surface area contributed by atoms with Gasteiger partial charge in [0.25, 0.3) is 0 Å². The van der Waals surface area contributed by atoms with Crippen LogP contribution in [0.3, 0.4) is 0 Å². The maximum Gasteiger partial charge on any atom is 0.357 e. The fourth-order valence-electron chi connectivity index (χ4n) is 3.54. The highest BCUT2D eigenvalue weighted by atomic mass is 79.9. The average molecular weight is 483 g/mol. The summed E-state index contributed by atoms with van der Waals surface area (Å²) >= 11 is 3.55. The van der Waals surface area contributed by atoms with E-state index >= 15 is 0 Å². The lowest BCUT2D eigenvalue weighted by atomic mass is 10.1. The highest BCUT2D eigenvalue weighted by Crippen LogP contribution is 2.33. The number of methoxy groups -OCH3 is 1. The number of nitrogens with zero attached hydrogens (tertiary/aromatic N) is 1. The zero-order chi connectivity index (χ0) is 22.0. The molecule has 0 bridgehead atoms. The van der Waals surface area contributed by atoms with E-state index in [1.165, 1.54) is 0 Å². The van der Waals surface area contributed by atoms with E-state index in [-0.39, 0.29) is 18.4 Å². The molecule has 4 aromatic rings. The van der Waals surface area contributed by atoms with Crippen molar-refractivity contribution in [3.8, 4) is 5.75 Å². The molecule has 4 rings (SSSR count). The van der Waals surface area contributed by atoms with E-state index in [0.29, 0.717) is 12.2 Å². The lowest BCUT2D eigenvalue weighted by Gasteiger charge is -2.12. The van der Waals surface area contributed by atoms with E-state index in [9.17, 15) is 4.79 Å². The maximum absolute atomic E-state index is 12.6. The summed E-state index contributed by atoms with van der Waals surface area (Å²) in [6, 6.07) is 13.8. The number of nitrogens with one attached hydrogen (secondary N) is 1. The molecule has 7 heteroatoms. The fraction of sp³-hybridized carbons (Fsp3) is 0.250. The molecule has 0 aliphatic heterocycles. The molecular weight excluding hydrogens is 460 g/mol. The minimum atomic E-state index is -0.459. The fourth-order valence-corrected chi connectivity index (χ4v) is 3.94. The third kappa shape index (κ3) is 4.43. The molecular formula is C24H23BrN2O4. The van der Waals surface area contributed by atoms with E-state index in [1.807, 2.05) is 56.3 Å². The molecule has 1 N–H and O–H groups in total. The molecule has 2 aromatic carbocycles. The second kappa shape index (κ2) is 9.08. The number of aromatic nitrogens is 2. The smallest absolute Gasteiger partial charge is 0.357 e. The van der Waals surface area contributed by atoms with Crippen LogP contribution in [-0.4, -0.2) is 29.2 Å². The van der Waals surface area contributed by atoms with Crippen LogP contribution in [0.4, 0.5) is 0 Å². The Morgan fingerprint density at radius 3 is 2.68 bits per heavy atom. The number of benzene rings is 2. The molecule has 0 unspecified atom stereocenters. The predicted octanol–water partition coefficient (Wildman–Crippen LogP) is 5.77. The quantitative estimate of drug-likeness (QED) is 0.338. The molecule has 0 aliphatic rings. The molecule has 0 radical (unpaired) electrons. The Labute approximate surface area is 188 Å². The first kappa shape index (κ1) is 21.3. The monoisotopic (exact) mass is 482 g/mol. The van der Waals surface area contributed by atoms with Crippen LogP contribution >= 0.6 is 15.9 Å². The lowest BCUT2D eigenvalue weighted by Crippen LogP contribution is -2.15. The molecule has 0 fully saturated rings. The molecule has 2 aromatic heterocycles. The van der Waals surface area contributed by atoms with Gasteiger partial charge >= 0.3 is 5.97 Å². The Kier molecular flexibility index (Phi) is 6.25. The van der Waals surface area contributed by atoms with Crippen LogP contribution in [0.25, 0.3) is 21.8 Å². The summed E-state index contributed by atoms with van der Waals surface area (Å²) in [5.74, 6) is 0.273. The van der Waals surface area contributed by atoms with Gasteiger partial charge in [-0.15, -0.1) is 0 Å². The Hall–Kier alpha value is -2.90. The number of H-pyrrole nitrogens is 1. The summed E-state index contributed by atoms with van der Waals surface area (Å²) in [5.41, 5.74) is 3.77. The van der Waals surface area contributed by atoms with Crippen LogP contribution in [0.1, 0.15) is 35.5 Å². The van der Waals surface area contributed by atoms with Crippen LogP contribution < -0.4 is 4.74 Å². The number of fused-ring (bicyclic) bond motifs is 3. The van der Waals surface area contributed by atoms with Gasteiger partial charge in [-0.05, 0) is 38.1 Å². The van der Waals surface area contributed by atoms with Crippen LogP contribution in [0.5, 0.6) is 5.75 Å². The van der Waals surface area contributed by atoms with Crippen molar-refractivity contribution in [1.82, 2.24) is 9.97 Å². The summed E-state index contributed by atoms with van der Waals surface area (Å²) in [7, 11) is 1.59. The molecule has 0 spiro atoms. The van der Waals surface area contributed by atoms with Crippen molar-refractivity contribution in [1.29, 1.82) is 0 Å². The molecule has 0 amide bonds. The first-order valence-electron chi connectivity index (χ1n) is 9.97. The third-order valence-electron chi connectivity index (χ3n) is 4.89. The van der Waals surface area contributed by atoms with Crippen molar-refractivity contribution in [2.75, 3.05) is 7.11 Å².